The van der Waals surface area contributed by atoms with Gasteiger partial charge in [0.15, 0.2) is 0 Å². The maximum absolute atomic E-state index is 11.1. The number of carbonyl (C=O) groups is 2. The molecular formula is C12H22N2O2S. The summed E-state index contributed by atoms with van der Waals surface area (Å²) in [5.74, 6) is 1.29. The van der Waals surface area contributed by atoms with Crippen molar-refractivity contribution in [1.82, 2.24) is 10.6 Å². The van der Waals surface area contributed by atoms with Gasteiger partial charge in [-0.15, -0.1) is 0 Å². The standard InChI is InChI=1S/C11H18N2O2S.CH4/c1-7(14)4-2-3-5-9-10-8(6-16-9)12-11(15)13-10;/h8-10H,2-6H2,1H3,(H2,12,13,15);1H4. The molecule has 2 aliphatic heterocycles. The molecule has 3 atom stereocenters. The third-order valence-corrected chi connectivity index (χ3v) is 4.71. The molecule has 4 nitrogen and oxygen atoms in total. The minimum atomic E-state index is -0.0240. The van der Waals surface area contributed by atoms with Gasteiger partial charge in [0.05, 0.1) is 12.1 Å². The molecule has 0 aromatic carbocycles. The molecule has 2 heterocycles. The second kappa shape index (κ2) is 6.28. The predicted molar refractivity (Wildman–Crippen MR) is 71.4 cm³/mol. The van der Waals surface area contributed by atoms with Crippen LogP contribution >= 0.6 is 11.8 Å². The van der Waals surface area contributed by atoms with E-state index in [1.807, 2.05) is 11.8 Å². The molecule has 2 saturated heterocycles. The van der Waals surface area contributed by atoms with E-state index >= 15 is 0 Å². The summed E-state index contributed by atoms with van der Waals surface area (Å²) in [5, 5.41) is 6.43. The fourth-order valence-corrected chi connectivity index (χ4v) is 3.91. The Bertz CT molecular complexity index is 296. The van der Waals surface area contributed by atoms with Crippen LogP contribution in [0.25, 0.3) is 0 Å². The summed E-state index contributed by atoms with van der Waals surface area (Å²) < 4.78 is 0. The Morgan fingerprint density at radius 3 is 2.88 bits per heavy atom. The summed E-state index contributed by atoms with van der Waals surface area (Å²) in [7, 11) is 0. The highest BCUT2D eigenvalue weighted by Gasteiger charge is 2.42. The fourth-order valence-electron chi connectivity index (χ4n) is 2.36. The van der Waals surface area contributed by atoms with Crippen LogP contribution < -0.4 is 10.6 Å². The molecule has 0 aliphatic carbocycles. The zero-order chi connectivity index (χ0) is 11.5. The maximum atomic E-state index is 11.1. The molecule has 17 heavy (non-hydrogen) atoms. The van der Waals surface area contributed by atoms with Gasteiger partial charge in [0, 0.05) is 17.4 Å². The van der Waals surface area contributed by atoms with E-state index in [-0.39, 0.29) is 19.2 Å². The second-order valence-electron chi connectivity index (χ2n) is 4.57. The average Bonchev–Trinajstić information content (AvgIpc) is 2.72. The van der Waals surface area contributed by atoms with Crippen molar-refractivity contribution in [3.05, 3.63) is 0 Å². The first kappa shape index (κ1) is 14.4. The second-order valence-corrected chi connectivity index (χ2v) is 5.84. The van der Waals surface area contributed by atoms with Crippen LogP contribution in [-0.4, -0.2) is 34.9 Å². The quantitative estimate of drug-likeness (QED) is 0.585. The van der Waals surface area contributed by atoms with Gasteiger partial charge >= 0.3 is 6.03 Å². The number of hydrogen-bond donors (Lipinski definition) is 2. The van der Waals surface area contributed by atoms with Crippen LogP contribution in [0.15, 0.2) is 0 Å². The van der Waals surface area contributed by atoms with E-state index in [2.05, 4.69) is 10.6 Å². The Morgan fingerprint density at radius 2 is 2.18 bits per heavy atom. The Labute approximate surface area is 107 Å². The van der Waals surface area contributed by atoms with E-state index in [4.69, 9.17) is 0 Å². The average molecular weight is 258 g/mol. The zero-order valence-corrected chi connectivity index (χ0v) is 10.3. The first-order chi connectivity index (χ1) is 7.66. The first-order valence-electron chi connectivity index (χ1n) is 5.85. The predicted octanol–water partition coefficient (Wildman–Crippen LogP) is 1.94. The van der Waals surface area contributed by atoms with Crippen molar-refractivity contribution in [3.8, 4) is 0 Å². The summed E-state index contributed by atoms with van der Waals surface area (Å²) >= 11 is 1.93. The van der Waals surface area contributed by atoms with E-state index in [9.17, 15) is 9.59 Å². The summed E-state index contributed by atoms with van der Waals surface area (Å²) in [5.41, 5.74) is 0. The lowest BCUT2D eigenvalue weighted by Crippen LogP contribution is -2.36. The van der Waals surface area contributed by atoms with Crippen LogP contribution in [0.5, 0.6) is 0 Å². The maximum Gasteiger partial charge on any atom is 0.315 e. The molecule has 2 amide bonds. The lowest BCUT2D eigenvalue weighted by atomic mass is 10.0. The summed E-state index contributed by atoms with van der Waals surface area (Å²) in [6, 6.07) is 0.592. The van der Waals surface area contributed by atoms with Gasteiger partial charge in [-0.05, 0) is 19.8 Å². The molecule has 0 aromatic heterocycles. The number of amides is 2. The molecule has 2 aliphatic rings. The van der Waals surface area contributed by atoms with Crippen LogP contribution in [0.1, 0.15) is 40.0 Å². The third kappa shape index (κ3) is 3.63. The molecule has 0 saturated carbocycles. The number of fused-ring (bicyclic) bond motifs is 1. The first-order valence-corrected chi connectivity index (χ1v) is 6.90. The van der Waals surface area contributed by atoms with Crippen LogP contribution in [0.4, 0.5) is 4.79 Å². The monoisotopic (exact) mass is 258 g/mol. The lowest BCUT2D eigenvalue weighted by molar-refractivity contribution is -0.117. The van der Waals surface area contributed by atoms with Crippen molar-refractivity contribution >= 4 is 23.6 Å². The Morgan fingerprint density at radius 1 is 1.41 bits per heavy atom. The number of ketones is 1. The van der Waals surface area contributed by atoms with Gasteiger partial charge < -0.3 is 15.4 Å². The Hall–Kier alpha value is -0.710. The SMILES string of the molecule is C.CC(=O)CCCCC1SCC2NC(=O)NC21. The highest BCUT2D eigenvalue weighted by atomic mass is 32.2. The smallest absolute Gasteiger partial charge is 0.315 e. The third-order valence-electron chi connectivity index (χ3n) is 3.21. The largest absolute Gasteiger partial charge is 0.332 e. The lowest BCUT2D eigenvalue weighted by Gasteiger charge is -2.16. The molecule has 3 unspecified atom stereocenters. The van der Waals surface area contributed by atoms with Crippen LogP contribution in [0, 0.1) is 0 Å². The van der Waals surface area contributed by atoms with Gasteiger partial charge in [0.1, 0.15) is 5.78 Å². The van der Waals surface area contributed by atoms with Gasteiger partial charge in [-0.2, -0.15) is 11.8 Å². The molecule has 2 rings (SSSR count). The van der Waals surface area contributed by atoms with Crippen molar-refractivity contribution in [2.75, 3.05) is 5.75 Å². The molecule has 5 heteroatoms. The summed E-state index contributed by atoms with van der Waals surface area (Å²) in [6.07, 6.45) is 3.85. The van der Waals surface area contributed by atoms with Crippen molar-refractivity contribution in [2.24, 2.45) is 0 Å². The van der Waals surface area contributed by atoms with Crippen molar-refractivity contribution in [3.63, 3.8) is 0 Å². The zero-order valence-electron chi connectivity index (χ0n) is 9.49. The molecule has 0 aromatic rings. The number of hydrogen-bond acceptors (Lipinski definition) is 3. The molecule has 2 fully saturated rings. The highest BCUT2D eigenvalue weighted by molar-refractivity contribution is 8.00. The number of carbonyl (C=O) groups excluding carboxylic acids is 2. The normalized spacial score (nSPS) is 30.2. The van der Waals surface area contributed by atoms with Gasteiger partial charge in [0.2, 0.25) is 0 Å². The van der Waals surface area contributed by atoms with Gasteiger partial charge in [-0.25, -0.2) is 4.79 Å². The molecule has 98 valence electrons. The topological polar surface area (TPSA) is 58.2 Å². The molecule has 0 spiro atoms. The Balaban J connectivity index is 0.00000144. The van der Waals surface area contributed by atoms with E-state index in [0.29, 0.717) is 23.8 Å². The molecule has 0 bridgehead atoms. The number of urea groups is 1. The van der Waals surface area contributed by atoms with Crippen LogP contribution in [0.2, 0.25) is 0 Å². The minimum Gasteiger partial charge on any atom is -0.332 e. The van der Waals surface area contributed by atoms with E-state index < -0.39 is 0 Å². The van der Waals surface area contributed by atoms with Crippen LogP contribution in [-0.2, 0) is 4.79 Å². The van der Waals surface area contributed by atoms with Gasteiger partial charge in [-0.1, -0.05) is 13.8 Å². The number of thioether (sulfide) groups is 1. The molecule has 2 N–H and O–H groups in total. The number of Topliss-reactive ketones (excluding diaryl/α,β-unsaturated/α-hetero) is 1. The van der Waals surface area contributed by atoms with Crippen molar-refractivity contribution < 1.29 is 9.59 Å². The summed E-state index contributed by atoms with van der Waals surface area (Å²) in [4.78, 5) is 21.9. The molecular weight excluding hydrogens is 236 g/mol. The summed E-state index contributed by atoms with van der Waals surface area (Å²) in [6.45, 7) is 1.64. The number of unbranched alkanes of at least 4 members (excludes halogenated alkanes) is 1. The van der Waals surface area contributed by atoms with E-state index in [1.54, 1.807) is 6.92 Å². The fraction of sp³-hybridized carbons (Fsp3) is 0.833. The van der Waals surface area contributed by atoms with Crippen molar-refractivity contribution in [2.45, 2.75) is 57.4 Å². The number of nitrogens with one attached hydrogen (secondary N) is 2. The van der Waals surface area contributed by atoms with Gasteiger partial charge in [0.25, 0.3) is 0 Å². The van der Waals surface area contributed by atoms with Crippen molar-refractivity contribution in [1.29, 1.82) is 0 Å². The Kier molecular flexibility index (Phi) is 5.31. The van der Waals surface area contributed by atoms with E-state index in [0.717, 1.165) is 25.0 Å². The van der Waals surface area contributed by atoms with Gasteiger partial charge in [-0.3, -0.25) is 0 Å². The minimum absolute atomic E-state index is 0. The van der Waals surface area contributed by atoms with Crippen LogP contribution in [0.3, 0.4) is 0 Å². The highest BCUT2D eigenvalue weighted by Crippen LogP contribution is 2.33. The van der Waals surface area contributed by atoms with E-state index in [1.165, 1.54) is 0 Å². The molecule has 0 radical (unpaired) electrons. The number of rotatable bonds is 5.